The summed E-state index contributed by atoms with van der Waals surface area (Å²) in [6.45, 7) is 0. The molecule has 0 spiro atoms. The zero-order valence-corrected chi connectivity index (χ0v) is 23.6. The molecule has 4 heteroatoms. The second-order valence-electron chi connectivity index (χ2n) is 11.4. The zero-order chi connectivity index (χ0) is 28.8. The average Bonchev–Trinajstić information content (AvgIpc) is 3.73. The number of rotatable bonds is 3. The Morgan fingerprint density at radius 2 is 1.09 bits per heavy atom. The summed E-state index contributed by atoms with van der Waals surface area (Å²) in [7, 11) is 0. The minimum atomic E-state index is 0.731. The van der Waals surface area contributed by atoms with Crippen molar-refractivity contribution in [1.82, 2.24) is 18.9 Å². The fourth-order valence-electron chi connectivity index (χ4n) is 7.20. The Labute approximate surface area is 252 Å². The van der Waals surface area contributed by atoms with Crippen LogP contribution in [0.4, 0.5) is 0 Å². The van der Waals surface area contributed by atoms with E-state index >= 15 is 0 Å². The van der Waals surface area contributed by atoms with Gasteiger partial charge >= 0.3 is 0 Å². The molecule has 0 atom stereocenters. The summed E-state index contributed by atoms with van der Waals surface area (Å²) in [4.78, 5) is 10.2. The summed E-state index contributed by atoms with van der Waals surface area (Å²) in [6, 6.07) is 51.5. The molecule has 5 aromatic heterocycles. The lowest BCUT2D eigenvalue weighted by atomic mass is 10.0. The van der Waals surface area contributed by atoms with E-state index < -0.39 is 0 Å². The molecule has 0 aliphatic heterocycles. The van der Waals surface area contributed by atoms with E-state index in [0.29, 0.717) is 0 Å². The second kappa shape index (κ2) is 8.76. The van der Waals surface area contributed by atoms with Crippen LogP contribution in [0.1, 0.15) is 0 Å². The molecule has 0 aliphatic carbocycles. The number of aromatic nitrogens is 4. The fraction of sp³-hybridized carbons (Fsp3) is 0. The molecule has 10 rings (SSSR count). The standard InChI is InChI=1S/C40H24N4/c1-3-12-25(13-4-1)37-31-24-27(22-23-32(31)41-40(42-37)26-14-5-2-6-15-26)43-34-19-10-9-18-30(34)36-35-21-11-20-33-28-16-7-8-17-29(28)38(39(36)43)44(33)35/h1-24H. The molecule has 204 valence electrons. The maximum Gasteiger partial charge on any atom is 0.160 e. The van der Waals surface area contributed by atoms with Crippen LogP contribution in [-0.2, 0) is 0 Å². The summed E-state index contributed by atoms with van der Waals surface area (Å²) in [6.07, 6.45) is 0. The molecule has 0 bridgehead atoms. The van der Waals surface area contributed by atoms with Crippen molar-refractivity contribution in [3.63, 3.8) is 0 Å². The smallest absolute Gasteiger partial charge is 0.160 e. The van der Waals surface area contributed by atoms with Crippen molar-refractivity contribution in [2.75, 3.05) is 0 Å². The van der Waals surface area contributed by atoms with Crippen molar-refractivity contribution >= 4 is 60.0 Å². The third-order valence-electron chi connectivity index (χ3n) is 9.04. The van der Waals surface area contributed by atoms with E-state index in [1.54, 1.807) is 0 Å². The van der Waals surface area contributed by atoms with Gasteiger partial charge in [-0.1, -0.05) is 109 Å². The highest BCUT2D eigenvalue weighted by Gasteiger charge is 2.24. The maximum atomic E-state index is 5.17. The third-order valence-corrected chi connectivity index (χ3v) is 9.04. The molecule has 44 heavy (non-hydrogen) atoms. The largest absolute Gasteiger partial charge is 0.307 e. The molecule has 10 aromatic rings. The van der Waals surface area contributed by atoms with Crippen LogP contribution in [-0.4, -0.2) is 18.9 Å². The molecule has 0 amide bonds. The lowest BCUT2D eigenvalue weighted by molar-refractivity contribution is 1.18. The summed E-state index contributed by atoms with van der Waals surface area (Å²) >= 11 is 0. The molecule has 4 nitrogen and oxygen atoms in total. The number of hydrogen-bond donors (Lipinski definition) is 0. The summed E-state index contributed by atoms with van der Waals surface area (Å²) < 4.78 is 4.89. The van der Waals surface area contributed by atoms with Crippen LogP contribution in [0.25, 0.3) is 88.4 Å². The molecule has 0 N–H and O–H groups in total. The lowest BCUT2D eigenvalue weighted by Gasteiger charge is -2.13. The van der Waals surface area contributed by atoms with Gasteiger partial charge in [0, 0.05) is 43.7 Å². The van der Waals surface area contributed by atoms with Gasteiger partial charge in [0.25, 0.3) is 0 Å². The van der Waals surface area contributed by atoms with Crippen molar-refractivity contribution in [2.45, 2.75) is 0 Å². The molecule has 5 aromatic carbocycles. The van der Waals surface area contributed by atoms with Gasteiger partial charge in [0.15, 0.2) is 5.82 Å². The topological polar surface area (TPSA) is 35.1 Å². The van der Waals surface area contributed by atoms with E-state index in [1.807, 2.05) is 24.3 Å². The van der Waals surface area contributed by atoms with Gasteiger partial charge in [-0.3, -0.25) is 0 Å². The maximum absolute atomic E-state index is 5.17. The monoisotopic (exact) mass is 560 g/mol. The first-order valence-corrected chi connectivity index (χ1v) is 14.9. The molecule has 0 fully saturated rings. The molecule has 5 heterocycles. The van der Waals surface area contributed by atoms with E-state index in [9.17, 15) is 0 Å². The number of fused-ring (bicyclic) bond motifs is 9. The average molecular weight is 561 g/mol. The van der Waals surface area contributed by atoms with Crippen LogP contribution < -0.4 is 0 Å². The van der Waals surface area contributed by atoms with Gasteiger partial charge in [-0.15, -0.1) is 0 Å². The highest BCUT2D eigenvalue weighted by atomic mass is 15.0. The molecule has 0 saturated carbocycles. The van der Waals surface area contributed by atoms with Gasteiger partial charge in [-0.2, -0.15) is 0 Å². The van der Waals surface area contributed by atoms with Crippen LogP contribution in [0.5, 0.6) is 0 Å². The highest BCUT2D eigenvalue weighted by Crippen LogP contribution is 2.44. The molecule has 0 aliphatic rings. The van der Waals surface area contributed by atoms with Gasteiger partial charge in [0.2, 0.25) is 0 Å². The van der Waals surface area contributed by atoms with Crippen LogP contribution in [0.15, 0.2) is 146 Å². The van der Waals surface area contributed by atoms with E-state index in [4.69, 9.17) is 9.97 Å². The predicted octanol–water partition coefficient (Wildman–Crippen LogP) is 10.1. The van der Waals surface area contributed by atoms with Gasteiger partial charge < -0.3 is 8.97 Å². The van der Waals surface area contributed by atoms with Crippen molar-refractivity contribution in [1.29, 1.82) is 0 Å². The Bertz CT molecular complexity index is 2700. The van der Waals surface area contributed by atoms with Crippen molar-refractivity contribution in [2.24, 2.45) is 0 Å². The summed E-state index contributed by atoms with van der Waals surface area (Å²) in [5.74, 6) is 0.731. The molecular formula is C40H24N4. The van der Waals surface area contributed by atoms with Crippen molar-refractivity contribution < 1.29 is 0 Å². The number of benzene rings is 5. The van der Waals surface area contributed by atoms with Crippen LogP contribution >= 0.6 is 0 Å². The first-order chi connectivity index (χ1) is 21.8. The quantitative estimate of drug-likeness (QED) is 0.215. The summed E-state index contributed by atoms with van der Waals surface area (Å²) in [5.41, 5.74) is 11.2. The second-order valence-corrected chi connectivity index (χ2v) is 11.4. The highest BCUT2D eigenvalue weighted by molar-refractivity contribution is 6.29. The molecule has 0 radical (unpaired) electrons. The van der Waals surface area contributed by atoms with Gasteiger partial charge in [0.05, 0.1) is 38.8 Å². The van der Waals surface area contributed by atoms with Crippen molar-refractivity contribution in [3.05, 3.63) is 146 Å². The fourth-order valence-corrected chi connectivity index (χ4v) is 7.20. The minimum absolute atomic E-state index is 0.731. The molecule has 0 unspecified atom stereocenters. The Kier molecular flexibility index (Phi) is 4.69. The van der Waals surface area contributed by atoms with Gasteiger partial charge in [0.1, 0.15) is 0 Å². The van der Waals surface area contributed by atoms with Gasteiger partial charge in [-0.05, 0) is 36.4 Å². The Hall–Kier alpha value is -6.00. The molecular weight excluding hydrogens is 536 g/mol. The first kappa shape index (κ1) is 23.6. The number of pyridine rings is 1. The Morgan fingerprint density at radius 1 is 0.432 bits per heavy atom. The van der Waals surface area contributed by atoms with E-state index in [0.717, 1.165) is 39.2 Å². The van der Waals surface area contributed by atoms with E-state index in [-0.39, 0.29) is 0 Å². The van der Waals surface area contributed by atoms with Crippen LogP contribution in [0, 0.1) is 0 Å². The van der Waals surface area contributed by atoms with Crippen LogP contribution in [0.2, 0.25) is 0 Å². The minimum Gasteiger partial charge on any atom is -0.307 e. The normalized spacial score (nSPS) is 12.1. The number of nitrogens with zero attached hydrogens (tertiary/aromatic N) is 4. The zero-order valence-electron chi connectivity index (χ0n) is 23.6. The predicted molar refractivity (Wildman–Crippen MR) is 182 cm³/mol. The number of hydrogen-bond acceptors (Lipinski definition) is 2. The van der Waals surface area contributed by atoms with E-state index in [2.05, 4.69) is 130 Å². The van der Waals surface area contributed by atoms with Gasteiger partial charge in [-0.25, -0.2) is 9.97 Å². The van der Waals surface area contributed by atoms with E-state index in [1.165, 1.54) is 49.1 Å². The lowest BCUT2D eigenvalue weighted by Crippen LogP contribution is -1.98. The SMILES string of the molecule is c1ccc(-c2nc(-c3ccccc3)c3cc(-n4c5ccccc5c5c4c4c6ccccc6c6cccc5n64)ccc3n2)cc1. The Balaban J connectivity index is 1.35. The third kappa shape index (κ3) is 3.11. The molecule has 0 saturated heterocycles. The first-order valence-electron chi connectivity index (χ1n) is 14.9. The van der Waals surface area contributed by atoms with Crippen molar-refractivity contribution in [3.8, 4) is 28.3 Å². The summed E-state index contributed by atoms with van der Waals surface area (Å²) in [5, 5.41) is 6.11. The Morgan fingerprint density at radius 3 is 1.91 bits per heavy atom. The van der Waals surface area contributed by atoms with Crippen LogP contribution in [0.3, 0.4) is 0 Å². The number of para-hydroxylation sites is 1.